The Bertz CT molecular complexity index is 538. The molecule has 0 spiro atoms. The number of thiocarbonyl (C=S) groups is 1. The first-order valence-corrected chi connectivity index (χ1v) is 8.37. The van der Waals surface area contributed by atoms with Gasteiger partial charge in [0.05, 0.1) is 33.2 Å². The predicted octanol–water partition coefficient (Wildman–Crippen LogP) is 1.45. The van der Waals surface area contributed by atoms with Crippen LogP contribution in [0.3, 0.4) is 0 Å². The monoisotopic (exact) mass is 320 g/mol. The van der Waals surface area contributed by atoms with E-state index in [2.05, 4.69) is 66.5 Å². The van der Waals surface area contributed by atoms with Gasteiger partial charge in [0.25, 0.3) is 0 Å². The lowest BCUT2D eigenvalue weighted by Gasteiger charge is -2.20. The van der Waals surface area contributed by atoms with E-state index in [-0.39, 0.29) is 6.04 Å². The molecule has 0 aliphatic heterocycles. The summed E-state index contributed by atoms with van der Waals surface area (Å²) >= 11 is 7.17. The summed E-state index contributed by atoms with van der Waals surface area (Å²) in [5.41, 5.74) is 1.22. The van der Waals surface area contributed by atoms with Gasteiger partial charge >= 0.3 is 0 Å². The minimum atomic E-state index is 0.109. The minimum Gasteiger partial charge on any atom is -0.357 e. The van der Waals surface area contributed by atoms with Crippen LogP contribution in [0.2, 0.25) is 0 Å². The number of hydrogen-bond acceptors (Lipinski definition) is 2. The normalized spacial score (nSPS) is 12.1. The van der Waals surface area contributed by atoms with Crippen LogP contribution in [0.25, 0.3) is 0 Å². The Kier molecular flexibility index (Phi) is 6.17. The van der Waals surface area contributed by atoms with Gasteiger partial charge in [0, 0.05) is 4.88 Å². The van der Waals surface area contributed by atoms with Crippen molar-refractivity contribution in [1.29, 1.82) is 0 Å². The SMILES string of the molecule is C[NH+](C)CCNC(=S)N[C@H](c1ccccc1)c1cccs1. The van der Waals surface area contributed by atoms with Crippen LogP contribution >= 0.6 is 23.6 Å². The van der Waals surface area contributed by atoms with Crippen molar-refractivity contribution in [3.63, 3.8) is 0 Å². The summed E-state index contributed by atoms with van der Waals surface area (Å²) in [7, 11) is 4.27. The molecule has 0 aliphatic carbocycles. The van der Waals surface area contributed by atoms with Gasteiger partial charge in [0.15, 0.2) is 5.11 Å². The van der Waals surface area contributed by atoms with Crippen molar-refractivity contribution in [1.82, 2.24) is 10.6 Å². The zero-order valence-electron chi connectivity index (χ0n) is 12.4. The van der Waals surface area contributed by atoms with E-state index in [0.717, 1.165) is 13.1 Å². The number of benzene rings is 1. The number of nitrogens with one attached hydrogen (secondary N) is 3. The van der Waals surface area contributed by atoms with Crippen molar-refractivity contribution in [3.8, 4) is 0 Å². The number of thiophene rings is 1. The third-order valence-electron chi connectivity index (χ3n) is 3.15. The summed E-state index contributed by atoms with van der Waals surface area (Å²) in [6.45, 7) is 1.91. The third kappa shape index (κ3) is 5.12. The van der Waals surface area contributed by atoms with Gasteiger partial charge in [-0.15, -0.1) is 11.3 Å². The van der Waals surface area contributed by atoms with E-state index in [9.17, 15) is 0 Å². The van der Waals surface area contributed by atoms with Crippen molar-refractivity contribution in [3.05, 3.63) is 58.3 Å². The van der Waals surface area contributed by atoms with Crippen LogP contribution < -0.4 is 15.5 Å². The first-order valence-electron chi connectivity index (χ1n) is 7.08. The Morgan fingerprint density at radius 1 is 1.19 bits per heavy atom. The van der Waals surface area contributed by atoms with Crippen molar-refractivity contribution in [2.24, 2.45) is 0 Å². The molecule has 0 amide bonds. The zero-order valence-corrected chi connectivity index (χ0v) is 14.1. The van der Waals surface area contributed by atoms with Gasteiger partial charge in [-0.05, 0) is 29.2 Å². The van der Waals surface area contributed by atoms with E-state index in [1.54, 1.807) is 11.3 Å². The highest BCUT2D eigenvalue weighted by Crippen LogP contribution is 2.25. The summed E-state index contributed by atoms with van der Waals surface area (Å²) in [5, 5.41) is 9.51. The Morgan fingerprint density at radius 2 is 1.95 bits per heavy atom. The molecule has 0 fully saturated rings. The van der Waals surface area contributed by atoms with Crippen LogP contribution in [0, 0.1) is 0 Å². The average Bonchev–Trinajstić information content (AvgIpc) is 2.99. The smallest absolute Gasteiger partial charge is 0.167 e. The molecule has 1 aromatic carbocycles. The highest BCUT2D eigenvalue weighted by atomic mass is 32.1. The van der Waals surface area contributed by atoms with Crippen molar-refractivity contribution >= 4 is 28.7 Å². The van der Waals surface area contributed by atoms with E-state index in [1.165, 1.54) is 15.3 Å². The lowest BCUT2D eigenvalue weighted by molar-refractivity contribution is -0.856. The largest absolute Gasteiger partial charge is 0.357 e. The van der Waals surface area contributed by atoms with Crippen LogP contribution in [0.1, 0.15) is 16.5 Å². The van der Waals surface area contributed by atoms with Gasteiger partial charge in [0.1, 0.15) is 0 Å². The van der Waals surface area contributed by atoms with E-state index in [1.807, 2.05) is 6.07 Å². The highest BCUT2D eigenvalue weighted by molar-refractivity contribution is 7.80. The van der Waals surface area contributed by atoms with Crippen LogP contribution in [-0.2, 0) is 0 Å². The maximum absolute atomic E-state index is 5.43. The van der Waals surface area contributed by atoms with Gasteiger partial charge in [0.2, 0.25) is 0 Å². The topological polar surface area (TPSA) is 28.5 Å². The van der Waals surface area contributed by atoms with Crippen LogP contribution in [0.15, 0.2) is 47.8 Å². The van der Waals surface area contributed by atoms with Crippen LogP contribution in [0.5, 0.6) is 0 Å². The second-order valence-corrected chi connectivity index (χ2v) is 6.60. The quantitative estimate of drug-likeness (QED) is 0.704. The Labute approximate surface area is 136 Å². The molecule has 0 aliphatic rings. The van der Waals surface area contributed by atoms with E-state index in [0.29, 0.717) is 5.11 Å². The fourth-order valence-corrected chi connectivity index (χ4v) is 3.05. The zero-order chi connectivity index (χ0) is 15.1. The number of rotatable bonds is 6. The number of quaternary nitrogens is 1. The molecule has 0 bridgehead atoms. The van der Waals surface area contributed by atoms with Gasteiger partial charge < -0.3 is 15.5 Å². The molecule has 5 heteroatoms. The Morgan fingerprint density at radius 3 is 2.57 bits per heavy atom. The number of hydrogen-bond donors (Lipinski definition) is 3. The lowest BCUT2D eigenvalue weighted by atomic mass is 10.1. The molecule has 0 saturated heterocycles. The van der Waals surface area contributed by atoms with E-state index >= 15 is 0 Å². The van der Waals surface area contributed by atoms with Crippen LogP contribution in [0.4, 0.5) is 0 Å². The molecular weight excluding hydrogens is 298 g/mol. The Balaban J connectivity index is 2.02. The van der Waals surface area contributed by atoms with Gasteiger partial charge in [-0.1, -0.05) is 36.4 Å². The molecular formula is C16H22N3S2+. The van der Waals surface area contributed by atoms with Crippen molar-refractivity contribution in [2.75, 3.05) is 27.2 Å². The molecule has 1 aromatic heterocycles. The molecule has 3 nitrogen and oxygen atoms in total. The maximum Gasteiger partial charge on any atom is 0.167 e. The lowest BCUT2D eigenvalue weighted by Crippen LogP contribution is -3.06. The van der Waals surface area contributed by atoms with Crippen molar-refractivity contribution < 1.29 is 4.90 Å². The fourth-order valence-electron chi connectivity index (χ4n) is 2.03. The molecule has 0 radical (unpaired) electrons. The van der Waals surface area contributed by atoms with Crippen molar-refractivity contribution in [2.45, 2.75) is 6.04 Å². The molecule has 21 heavy (non-hydrogen) atoms. The molecule has 3 N–H and O–H groups in total. The molecule has 0 saturated carbocycles. The molecule has 2 aromatic rings. The summed E-state index contributed by atoms with van der Waals surface area (Å²) in [5.74, 6) is 0. The summed E-state index contributed by atoms with van der Waals surface area (Å²) in [6.07, 6.45) is 0. The number of likely N-dealkylation sites (N-methyl/N-ethyl adjacent to an activating group) is 1. The second-order valence-electron chi connectivity index (χ2n) is 5.22. The standard InChI is InChI=1S/C16H21N3S2/c1-19(2)11-10-17-16(20)18-15(14-9-6-12-21-14)13-7-4-3-5-8-13/h3-9,12,15H,10-11H2,1-2H3,(H2,17,18,20)/p+1/t15-/m1/s1. The third-order valence-corrected chi connectivity index (χ3v) is 4.35. The van der Waals surface area contributed by atoms with Gasteiger partial charge in [-0.3, -0.25) is 0 Å². The minimum absolute atomic E-state index is 0.109. The fraction of sp³-hybridized carbons (Fsp3) is 0.312. The predicted molar refractivity (Wildman–Crippen MR) is 94.0 cm³/mol. The summed E-state index contributed by atoms with van der Waals surface area (Å²) < 4.78 is 0. The Hall–Kier alpha value is -1.43. The first kappa shape index (κ1) is 15.9. The van der Waals surface area contributed by atoms with E-state index in [4.69, 9.17) is 12.2 Å². The molecule has 112 valence electrons. The molecule has 2 rings (SSSR count). The second kappa shape index (κ2) is 8.12. The maximum atomic E-state index is 5.43. The van der Waals surface area contributed by atoms with Gasteiger partial charge in [-0.25, -0.2) is 0 Å². The molecule has 1 heterocycles. The first-order chi connectivity index (χ1) is 10.2. The molecule has 0 unspecified atom stereocenters. The average molecular weight is 321 g/mol. The van der Waals surface area contributed by atoms with E-state index < -0.39 is 0 Å². The molecule has 1 atom stereocenters. The highest BCUT2D eigenvalue weighted by Gasteiger charge is 2.15. The summed E-state index contributed by atoms with van der Waals surface area (Å²) in [6, 6.07) is 14.7. The van der Waals surface area contributed by atoms with Gasteiger partial charge in [-0.2, -0.15) is 0 Å². The van der Waals surface area contributed by atoms with Crippen LogP contribution in [-0.4, -0.2) is 32.3 Å². The summed E-state index contributed by atoms with van der Waals surface area (Å²) in [4.78, 5) is 2.67.